The number of nitrogens with two attached hydrogens (primary N) is 2. The van der Waals surface area contributed by atoms with E-state index in [0.717, 1.165) is 45.3 Å². The summed E-state index contributed by atoms with van der Waals surface area (Å²) in [7, 11) is 0. The molecular weight excluding hydrogens is 210 g/mol. The molecule has 0 saturated carbocycles. The Morgan fingerprint density at radius 2 is 1.53 bits per heavy atom. The molecule has 0 aliphatic rings. The second-order valence-electron chi connectivity index (χ2n) is 4.43. The lowest BCUT2D eigenvalue weighted by molar-refractivity contribution is 0.434. The van der Waals surface area contributed by atoms with Crippen LogP contribution in [0.15, 0.2) is 30.3 Å². The van der Waals surface area contributed by atoms with Gasteiger partial charge >= 0.3 is 0 Å². The van der Waals surface area contributed by atoms with Crippen LogP contribution >= 0.6 is 0 Å². The number of benzene rings is 1. The Balaban J connectivity index is 2.31. The van der Waals surface area contributed by atoms with Gasteiger partial charge < -0.3 is 16.8 Å². The summed E-state index contributed by atoms with van der Waals surface area (Å²) in [5.74, 6) is 0. The van der Waals surface area contributed by atoms with Gasteiger partial charge in [-0.05, 0) is 44.3 Å². The molecule has 3 heteroatoms. The van der Waals surface area contributed by atoms with Crippen molar-refractivity contribution in [2.45, 2.75) is 38.3 Å². The number of hydrogen-bond acceptors (Lipinski definition) is 3. The molecule has 0 aliphatic heterocycles. The van der Waals surface area contributed by atoms with Crippen molar-refractivity contribution in [3.63, 3.8) is 0 Å². The summed E-state index contributed by atoms with van der Waals surface area (Å²) in [6, 6.07) is 11.0. The van der Waals surface area contributed by atoms with Crippen LogP contribution < -0.4 is 16.8 Å². The van der Waals surface area contributed by atoms with Crippen molar-refractivity contribution in [3.05, 3.63) is 35.9 Å². The minimum Gasteiger partial charge on any atom is -0.330 e. The maximum Gasteiger partial charge on any atom is 0.0208 e. The molecule has 96 valence electrons. The van der Waals surface area contributed by atoms with Crippen LogP contribution in [0.1, 0.15) is 31.2 Å². The van der Waals surface area contributed by atoms with E-state index < -0.39 is 0 Å². The van der Waals surface area contributed by atoms with Crippen molar-refractivity contribution < 1.29 is 0 Å². The van der Waals surface area contributed by atoms with Gasteiger partial charge in [-0.25, -0.2) is 0 Å². The molecule has 0 radical (unpaired) electrons. The molecule has 5 N–H and O–H groups in total. The first-order valence-corrected chi connectivity index (χ1v) is 6.54. The fourth-order valence-electron chi connectivity index (χ4n) is 1.94. The fourth-order valence-corrected chi connectivity index (χ4v) is 1.94. The third-order valence-corrected chi connectivity index (χ3v) is 2.95. The van der Waals surface area contributed by atoms with Gasteiger partial charge in [0.15, 0.2) is 0 Å². The predicted octanol–water partition coefficient (Wildman–Crippen LogP) is 1.62. The third kappa shape index (κ3) is 6.41. The molecule has 3 nitrogen and oxygen atoms in total. The molecule has 1 rings (SSSR count). The second kappa shape index (κ2) is 9.16. The molecule has 0 heterocycles. The molecule has 0 bridgehead atoms. The summed E-state index contributed by atoms with van der Waals surface area (Å²) in [5, 5.41) is 3.59. The van der Waals surface area contributed by atoms with Crippen LogP contribution in [0.4, 0.5) is 0 Å². The Hall–Kier alpha value is -0.900. The van der Waals surface area contributed by atoms with E-state index in [1.165, 1.54) is 5.56 Å². The van der Waals surface area contributed by atoms with Gasteiger partial charge in [0.25, 0.3) is 0 Å². The first kappa shape index (κ1) is 14.2. The van der Waals surface area contributed by atoms with Gasteiger partial charge in [-0.3, -0.25) is 0 Å². The molecular formula is C14H25N3. The van der Waals surface area contributed by atoms with Gasteiger partial charge in [0, 0.05) is 12.6 Å². The van der Waals surface area contributed by atoms with E-state index in [4.69, 9.17) is 11.5 Å². The van der Waals surface area contributed by atoms with Crippen molar-refractivity contribution in [1.29, 1.82) is 0 Å². The zero-order valence-corrected chi connectivity index (χ0v) is 10.6. The summed E-state index contributed by atoms with van der Waals surface area (Å²) in [4.78, 5) is 0. The molecule has 1 aromatic rings. The molecule has 0 fully saturated rings. The second-order valence-corrected chi connectivity index (χ2v) is 4.43. The van der Waals surface area contributed by atoms with Crippen molar-refractivity contribution >= 4 is 0 Å². The lowest BCUT2D eigenvalue weighted by atomic mass is 10.1. The minimum absolute atomic E-state index is 0.544. The zero-order valence-electron chi connectivity index (χ0n) is 10.6. The van der Waals surface area contributed by atoms with E-state index in [9.17, 15) is 0 Å². The molecule has 0 amide bonds. The third-order valence-electron chi connectivity index (χ3n) is 2.95. The maximum atomic E-state index is 5.56. The Morgan fingerprint density at radius 1 is 0.941 bits per heavy atom. The van der Waals surface area contributed by atoms with Gasteiger partial charge in [0.05, 0.1) is 0 Å². The summed E-state index contributed by atoms with van der Waals surface area (Å²) in [5.41, 5.74) is 12.5. The minimum atomic E-state index is 0.544. The standard InChI is InChI=1S/C14H25N3/c15-10-4-8-14(9-5-11-16)17-12-13-6-2-1-3-7-13/h1-3,6-7,14,17H,4-5,8-12,15-16H2. The van der Waals surface area contributed by atoms with Crippen LogP contribution in [-0.4, -0.2) is 19.1 Å². The van der Waals surface area contributed by atoms with Crippen LogP contribution in [0.25, 0.3) is 0 Å². The van der Waals surface area contributed by atoms with Crippen LogP contribution in [0.5, 0.6) is 0 Å². The van der Waals surface area contributed by atoms with E-state index >= 15 is 0 Å². The van der Waals surface area contributed by atoms with Gasteiger partial charge in [0.2, 0.25) is 0 Å². The van der Waals surface area contributed by atoms with Gasteiger partial charge in [-0.2, -0.15) is 0 Å². The molecule has 0 aliphatic carbocycles. The maximum absolute atomic E-state index is 5.56. The largest absolute Gasteiger partial charge is 0.330 e. The Labute approximate surface area is 105 Å². The summed E-state index contributed by atoms with van der Waals surface area (Å²) in [6.45, 7) is 2.47. The quantitative estimate of drug-likeness (QED) is 0.609. The smallest absolute Gasteiger partial charge is 0.0208 e. The SMILES string of the molecule is NCCCC(CCCN)NCc1ccccc1. The van der Waals surface area contributed by atoms with E-state index in [2.05, 4.69) is 29.6 Å². The first-order chi connectivity index (χ1) is 8.36. The lowest BCUT2D eigenvalue weighted by Gasteiger charge is -2.18. The number of hydrogen-bond donors (Lipinski definition) is 3. The lowest BCUT2D eigenvalue weighted by Crippen LogP contribution is -2.29. The van der Waals surface area contributed by atoms with Crippen LogP contribution in [0, 0.1) is 0 Å². The van der Waals surface area contributed by atoms with E-state index in [0.29, 0.717) is 6.04 Å². The molecule has 0 atom stereocenters. The number of rotatable bonds is 9. The van der Waals surface area contributed by atoms with Crippen molar-refractivity contribution in [1.82, 2.24) is 5.32 Å². The Bertz CT molecular complexity index is 266. The van der Waals surface area contributed by atoms with Crippen LogP contribution in [0.3, 0.4) is 0 Å². The van der Waals surface area contributed by atoms with Gasteiger partial charge in [-0.15, -0.1) is 0 Å². The normalized spacial score (nSPS) is 11.0. The molecule has 0 aromatic heterocycles. The monoisotopic (exact) mass is 235 g/mol. The van der Waals surface area contributed by atoms with E-state index in [1.54, 1.807) is 0 Å². The van der Waals surface area contributed by atoms with Crippen molar-refractivity contribution in [2.75, 3.05) is 13.1 Å². The van der Waals surface area contributed by atoms with Crippen LogP contribution in [-0.2, 0) is 6.54 Å². The molecule has 1 aromatic carbocycles. The first-order valence-electron chi connectivity index (χ1n) is 6.54. The van der Waals surface area contributed by atoms with Crippen molar-refractivity contribution in [3.8, 4) is 0 Å². The average Bonchev–Trinajstić information content (AvgIpc) is 2.39. The summed E-state index contributed by atoms with van der Waals surface area (Å²) >= 11 is 0. The molecule has 0 saturated heterocycles. The van der Waals surface area contributed by atoms with E-state index in [-0.39, 0.29) is 0 Å². The van der Waals surface area contributed by atoms with Gasteiger partial charge in [0.1, 0.15) is 0 Å². The number of nitrogens with one attached hydrogen (secondary N) is 1. The molecule has 17 heavy (non-hydrogen) atoms. The molecule has 0 unspecified atom stereocenters. The average molecular weight is 235 g/mol. The van der Waals surface area contributed by atoms with Crippen LogP contribution in [0.2, 0.25) is 0 Å². The summed E-state index contributed by atoms with van der Waals surface area (Å²) in [6.07, 6.45) is 4.45. The Morgan fingerprint density at radius 3 is 2.06 bits per heavy atom. The highest BCUT2D eigenvalue weighted by atomic mass is 14.9. The zero-order chi connectivity index (χ0) is 12.3. The topological polar surface area (TPSA) is 64.1 Å². The van der Waals surface area contributed by atoms with E-state index in [1.807, 2.05) is 6.07 Å². The molecule has 0 spiro atoms. The van der Waals surface area contributed by atoms with Crippen molar-refractivity contribution in [2.24, 2.45) is 11.5 Å². The summed E-state index contributed by atoms with van der Waals surface area (Å²) < 4.78 is 0. The fraction of sp³-hybridized carbons (Fsp3) is 0.571. The predicted molar refractivity (Wildman–Crippen MR) is 73.6 cm³/mol. The highest BCUT2D eigenvalue weighted by molar-refractivity contribution is 5.14. The Kier molecular flexibility index (Phi) is 7.63. The highest BCUT2D eigenvalue weighted by Gasteiger charge is 2.06. The highest BCUT2D eigenvalue weighted by Crippen LogP contribution is 2.06. The van der Waals surface area contributed by atoms with Gasteiger partial charge in [-0.1, -0.05) is 30.3 Å².